The highest BCUT2D eigenvalue weighted by atomic mass is 32.1. The Morgan fingerprint density at radius 3 is 2.52 bits per heavy atom. The van der Waals surface area contributed by atoms with Gasteiger partial charge in [0.15, 0.2) is 0 Å². The van der Waals surface area contributed by atoms with Gasteiger partial charge in [0.05, 0.1) is 11.7 Å². The zero-order valence-electron chi connectivity index (χ0n) is 13.8. The summed E-state index contributed by atoms with van der Waals surface area (Å²) in [6, 6.07) is 5.35. The van der Waals surface area contributed by atoms with Gasteiger partial charge in [-0.15, -0.1) is 11.3 Å². The van der Waals surface area contributed by atoms with Crippen molar-refractivity contribution in [1.29, 1.82) is 0 Å². The molecule has 1 unspecified atom stereocenters. The Morgan fingerprint density at radius 2 is 2.00 bits per heavy atom. The number of hydrogen-bond acceptors (Lipinski definition) is 3. The fourth-order valence-corrected chi connectivity index (χ4v) is 3.83. The Morgan fingerprint density at radius 1 is 1.29 bits per heavy atom. The Hall–Kier alpha value is -1.13. The number of nitrogens with zero attached hydrogens (tertiary/aromatic N) is 2. The fraction of sp³-hybridized carbons (Fsp3) is 0.588. The lowest BCUT2D eigenvalue weighted by Gasteiger charge is -2.14. The molecule has 0 saturated heterocycles. The zero-order valence-corrected chi connectivity index (χ0v) is 14.6. The van der Waals surface area contributed by atoms with Gasteiger partial charge in [-0.2, -0.15) is 5.10 Å². The highest BCUT2D eigenvalue weighted by Crippen LogP contribution is 2.28. The van der Waals surface area contributed by atoms with Crippen LogP contribution in [-0.2, 0) is 6.42 Å². The van der Waals surface area contributed by atoms with E-state index in [1.54, 1.807) is 0 Å². The van der Waals surface area contributed by atoms with Crippen LogP contribution < -0.4 is 5.32 Å². The predicted molar refractivity (Wildman–Crippen MR) is 91.1 cm³/mol. The third kappa shape index (κ3) is 3.74. The summed E-state index contributed by atoms with van der Waals surface area (Å²) in [5.74, 6) is 0. The number of aryl methyl sites for hydroxylation is 2. The molecule has 0 aliphatic rings. The van der Waals surface area contributed by atoms with Gasteiger partial charge >= 0.3 is 0 Å². The van der Waals surface area contributed by atoms with Crippen LogP contribution in [0.2, 0.25) is 0 Å². The average Bonchev–Trinajstić information content (AvgIpc) is 3.06. The van der Waals surface area contributed by atoms with E-state index < -0.39 is 0 Å². The van der Waals surface area contributed by atoms with Crippen molar-refractivity contribution >= 4 is 11.3 Å². The van der Waals surface area contributed by atoms with E-state index in [0.717, 1.165) is 19.3 Å². The fourth-order valence-electron chi connectivity index (χ4n) is 2.68. The van der Waals surface area contributed by atoms with Gasteiger partial charge in [-0.25, -0.2) is 0 Å². The lowest BCUT2D eigenvalue weighted by Crippen LogP contribution is -2.18. The lowest BCUT2D eigenvalue weighted by atomic mass is 10.1. The monoisotopic (exact) mass is 305 g/mol. The summed E-state index contributed by atoms with van der Waals surface area (Å²) in [6.07, 6.45) is 5.35. The van der Waals surface area contributed by atoms with E-state index in [9.17, 15) is 0 Å². The second-order valence-corrected chi connectivity index (χ2v) is 6.98. The van der Waals surface area contributed by atoms with Crippen LogP contribution in [0.5, 0.6) is 0 Å². The van der Waals surface area contributed by atoms with Crippen LogP contribution in [-0.4, -0.2) is 16.8 Å². The first-order chi connectivity index (χ1) is 10.1. The molecule has 0 aliphatic heterocycles. The van der Waals surface area contributed by atoms with Gasteiger partial charge in [-0.05, 0) is 51.4 Å². The quantitative estimate of drug-likeness (QED) is 0.820. The van der Waals surface area contributed by atoms with Crippen molar-refractivity contribution < 1.29 is 0 Å². The smallest absolute Gasteiger partial charge is 0.0644 e. The molecule has 2 rings (SSSR count). The van der Waals surface area contributed by atoms with Gasteiger partial charge in [-0.1, -0.05) is 13.8 Å². The van der Waals surface area contributed by atoms with Crippen LogP contribution in [0, 0.1) is 13.8 Å². The van der Waals surface area contributed by atoms with E-state index in [1.807, 2.05) is 18.4 Å². The molecule has 1 atom stereocenters. The van der Waals surface area contributed by atoms with Crippen LogP contribution >= 0.6 is 11.3 Å². The zero-order chi connectivity index (χ0) is 15.4. The maximum Gasteiger partial charge on any atom is 0.0644 e. The number of rotatable bonds is 7. The Balaban J connectivity index is 2.12. The average molecular weight is 305 g/mol. The maximum atomic E-state index is 4.78. The van der Waals surface area contributed by atoms with E-state index in [2.05, 4.69) is 56.0 Å². The topological polar surface area (TPSA) is 29.9 Å². The van der Waals surface area contributed by atoms with Gasteiger partial charge in [-0.3, -0.25) is 4.68 Å². The summed E-state index contributed by atoms with van der Waals surface area (Å²) < 4.78 is 2.13. The standard InChI is InChI=1S/C17H27N3S/c1-6-15(7-2)20-9-8-14(19-20)11-16(18-5)17-10-12(3)13(4)21-17/h8-10,15-16,18H,6-7,11H2,1-5H3. The molecule has 4 heteroatoms. The van der Waals surface area contributed by atoms with Crippen LogP contribution in [0.3, 0.4) is 0 Å². The predicted octanol–water partition coefficient (Wildman–Crippen LogP) is 4.43. The van der Waals surface area contributed by atoms with E-state index in [-0.39, 0.29) is 0 Å². The number of aromatic nitrogens is 2. The minimum absolute atomic E-state index is 0.354. The Bertz CT molecular complexity index is 547. The van der Waals surface area contributed by atoms with E-state index in [0.29, 0.717) is 12.1 Å². The van der Waals surface area contributed by atoms with Crippen molar-refractivity contribution in [1.82, 2.24) is 15.1 Å². The highest BCUT2D eigenvalue weighted by molar-refractivity contribution is 7.12. The number of hydrogen-bond donors (Lipinski definition) is 1. The summed E-state index contributed by atoms with van der Waals surface area (Å²) in [5.41, 5.74) is 2.56. The molecule has 0 aromatic carbocycles. The van der Waals surface area contributed by atoms with Crippen molar-refractivity contribution in [3.8, 4) is 0 Å². The van der Waals surface area contributed by atoms with Gasteiger partial charge in [0, 0.05) is 28.4 Å². The second kappa shape index (κ2) is 7.23. The molecule has 0 amide bonds. The first-order valence-electron chi connectivity index (χ1n) is 7.87. The van der Waals surface area contributed by atoms with Crippen molar-refractivity contribution in [2.45, 2.75) is 59.0 Å². The molecule has 0 fully saturated rings. The lowest BCUT2D eigenvalue weighted by molar-refractivity contribution is 0.423. The SMILES string of the molecule is CCC(CC)n1ccc(CC(NC)c2cc(C)c(C)s2)n1. The number of nitrogens with one attached hydrogen (secondary N) is 1. The van der Waals surface area contributed by atoms with E-state index >= 15 is 0 Å². The molecule has 1 N–H and O–H groups in total. The highest BCUT2D eigenvalue weighted by Gasteiger charge is 2.16. The van der Waals surface area contributed by atoms with Crippen LogP contribution in [0.15, 0.2) is 18.3 Å². The van der Waals surface area contributed by atoms with Crippen molar-refractivity contribution in [2.24, 2.45) is 0 Å². The summed E-state index contributed by atoms with van der Waals surface area (Å²) in [5, 5.41) is 8.21. The summed E-state index contributed by atoms with van der Waals surface area (Å²) in [7, 11) is 2.03. The van der Waals surface area contributed by atoms with Crippen LogP contribution in [0.4, 0.5) is 0 Å². The molecule has 2 heterocycles. The molecule has 3 nitrogen and oxygen atoms in total. The van der Waals surface area contributed by atoms with Gasteiger partial charge in [0.2, 0.25) is 0 Å². The third-order valence-corrected chi connectivity index (χ3v) is 5.54. The van der Waals surface area contributed by atoms with Gasteiger partial charge in [0.25, 0.3) is 0 Å². The molecule has 21 heavy (non-hydrogen) atoms. The number of likely N-dealkylation sites (N-methyl/N-ethyl adjacent to an activating group) is 1. The van der Waals surface area contributed by atoms with Crippen LogP contribution in [0.1, 0.15) is 59.8 Å². The minimum atomic E-state index is 0.354. The van der Waals surface area contributed by atoms with Crippen molar-refractivity contribution in [3.63, 3.8) is 0 Å². The van der Waals surface area contributed by atoms with Crippen molar-refractivity contribution in [2.75, 3.05) is 7.05 Å². The maximum absolute atomic E-state index is 4.78. The molecule has 0 bridgehead atoms. The molecule has 2 aromatic rings. The first-order valence-corrected chi connectivity index (χ1v) is 8.68. The molecular formula is C17H27N3S. The second-order valence-electron chi connectivity index (χ2n) is 5.69. The summed E-state index contributed by atoms with van der Waals surface area (Å²) in [6.45, 7) is 8.83. The van der Waals surface area contributed by atoms with Crippen LogP contribution in [0.25, 0.3) is 0 Å². The third-order valence-electron chi connectivity index (χ3n) is 4.27. The molecule has 0 radical (unpaired) electrons. The van der Waals surface area contributed by atoms with E-state index in [4.69, 9.17) is 5.10 Å². The van der Waals surface area contributed by atoms with E-state index in [1.165, 1.54) is 21.0 Å². The van der Waals surface area contributed by atoms with Gasteiger partial charge < -0.3 is 5.32 Å². The molecule has 0 spiro atoms. The molecule has 116 valence electrons. The number of thiophene rings is 1. The molecule has 0 aliphatic carbocycles. The largest absolute Gasteiger partial charge is 0.312 e. The van der Waals surface area contributed by atoms with Gasteiger partial charge in [0.1, 0.15) is 0 Å². The Kier molecular flexibility index (Phi) is 5.59. The first kappa shape index (κ1) is 16.2. The minimum Gasteiger partial charge on any atom is -0.312 e. The summed E-state index contributed by atoms with van der Waals surface area (Å²) >= 11 is 1.89. The molecule has 2 aromatic heterocycles. The normalized spacial score (nSPS) is 13.0. The Labute approximate surface area is 132 Å². The summed E-state index contributed by atoms with van der Waals surface area (Å²) in [4.78, 5) is 2.82. The van der Waals surface area contributed by atoms with Crippen molar-refractivity contribution in [3.05, 3.63) is 39.3 Å². The molecular weight excluding hydrogens is 278 g/mol. The molecule has 0 saturated carbocycles.